The number of alkyl halides is 3. The van der Waals surface area contributed by atoms with Crippen LogP contribution in [0.1, 0.15) is 16.7 Å². The minimum Gasteiger partial charge on any atom is -0.491 e. The number of anilines is 1. The number of halogens is 4. The molecule has 1 aliphatic rings. The third-order valence-corrected chi connectivity index (χ3v) is 5.83. The lowest BCUT2D eigenvalue weighted by molar-refractivity contribution is -0.137. The van der Waals surface area contributed by atoms with E-state index in [1.165, 1.54) is 12.1 Å². The number of β-amino-alcohol motifs (C(OH)–C–C–N with tert-alkyl or cyclic N) is 1. The summed E-state index contributed by atoms with van der Waals surface area (Å²) < 4.78 is 44.5. The van der Waals surface area contributed by atoms with Crippen molar-refractivity contribution in [3.05, 3.63) is 58.1 Å². The molecule has 3 rings (SSSR count). The van der Waals surface area contributed by atoms with E-state index < -0.39 is 17.8 Å². The smallest absolute Gasteiger partial charge is 0.416 e. The van der Waals surface area contributed by atoms with Crippen LogP contribution in [0, 0.1) is 13.8 Å². The van der Waals surface area contributed by atoms with Gasteiger partial charge in [-0.15, -0.1) is 0 Å². The van der Waals surface area contributed by atoms with Gasteiger partial charge in [0.15, 0.2) is 0 Å². The van der Waals surface area contributed by atoms with Gasteiger partial charge in [0, 0.05) is 43.4 Å². The zero-order chi connectivity index (χ0) is 21.9. The normalized spacial score (nSPS) is 16.6. The van der Waals surface area contributed by atoms with Crippen LogP contribution in [-0.2, 0) is 6.18 Å². The molecule has 0 unspecified atom stereocenters. The number of ether oxygens (including phenoxy) is 1. The lowest BCUT2D eigenvalue weighted by Crippen LogP contribution is -2.49. The van der Waals surface area contributed by atoms with Crippen molar-refractivity contribution in [1.82, 2.24) is 4.90 Å². The largest absolute Gasteiger partial charge is 0.491 e. The molecular formula is C22H26ClF3N2O2. The lowest BCUT2D eigenvalue weighted by atomic mass is 10.1. The van der Waals surface area contributed by atoms with E-state index in [9.17, 15) is 18.3 Å². The Labute approximate surface area is 179 Å². The average Bonchev–Trinajstić information content (AvgIpc) is 2.70. The average molecular weight is 443 g/mol. The number of hydrogen-bond donors (Lipinski definition) is 1. The molecule has 0 bridgehead atoms. The number of hydrogen-bond acceptors (Lipinski definition) is 4. The van der Waals surface area contributed by atoms with Crippen molar-refractivity contribution >= 4 is 17.3 Å². The fraction of sp³-hybridized carbons (Fsp3) is 0.455. The summed E-state index contributed by atoms with van der Waals surface area (Å²) >= 11 is 6.16. The predicted molar refractivity (Wildman–Crippen MR) is 113 cm³/mol. The standard InChI is InChI=1S/C22H26ClF3N2O2/c1-15-10-20(11-16(2)21(15)23)30-14-19(29)13-27-6-8-28(9-7-27)18-5-3-4-17(12-18)22(24,25)26/h3-5,10-12,19,29H,6-9,13-14H2,1-2H3/t19-/m1/s1. The van der Waals surface area contributed by atoms with E-state index in [0.717, 1.165) is 17.2 Å². The molecule has 0 spiro atoms. The van der Waals surface area contributed by atoms with Crippen LogP contribution in [0.3, 0.4) is 0 Å². The maximum Gasteiger partial charge on any atom is 0.416 e. The molecule has 0 aromatic heterocycles. The molecule has 1 aliphatic heterocycles. The summed E-state index contributed by atoms with van der Waals surface area (Å²) in [5, 5.41) is 11.0. The number of piperazine rings is 1. The number of aryl methyl sites for hydroxylation is 2. The van der Waals surface area contributed by atoms with E-state index in [0.29, 0.717) is 49.2 Å². The SMILES string of the molecule is Cc1cc(OC[C@H](O)CN2CCN(c3cccc(C(F)(F)F)c3)CC2)cc(C)c1Cl. The topological polar surface area (TPSA) is 35.9 Å². The fourth-order valence-corrected chi connectivity index (χ4v) is 3.71. The molecule has 1 saturated heterocycles. The van der Waals surface area contributed by atoms with E-state index in [1.807, 2.05) is 30.9 Å². The van der Waals surface area contributed by atoms with Crippen molar-refractivity contribution in [1.29, 1.82) is 0 Å². The summed E-state index contributed by atoms with van der Waals surface area (Å²) in [5.74, 6) is 0.669. The first-order valence-electron chi connectivity index (χ1n) is 9.85. The van der Waals surface area contributed by atoms with Crippen LogP contribution in [0.2, 0.25) is 5.02 Å². The minimum atomic E-state index is -4.34. The molecule has 1 atom stereocenters. The number of rotatable bonds is 6. The van der Waals surface area contributed by atoms with Crippen molar-refractivity contribution in [3.63, 3.8) is 0 Å². The molecule has 2 aromatic carbocycles. The Hall–Kier alpha value is -1.96. The monoisotopic (exact) mass is 442 g/mol. The Bertz CT molecular complexity index is 845. The minimum absolute atomic E-state index is 0.161. The number of benzene rings is 2. The van der Waals surface area contributed by atoms with E-state index in [-0.39, 0.29) is 6.61 Å². The van der Waals surface area contributed by atoms with E-state index in [4.69, 9.17) is 16.3 Å². The zero-order valence-corrected chi connectivity index (χ0v) is 17.8. The first kappa shape index (κ1) is 22.7. The van der Waals surface area contributed by atoms with Crippen LogP contribution in [0.4, 0.5) is 18.9 Å². The third kappa shape index (κ3) is 5.80. The molecule has 0 aliphatic carbocycles. The Balaban J connectivity index is 1.48. The fourth-order valence-electron chi connectivity index (χ4n) is 3.60. The Morgan fingerprint density at radius 3 is 2.30 bits per heavy atom. The first-order valence-corrected chi connectivity index (χ1v) is 10.2. The van der Waals surface area contributed by atoms with Gasteiger partial charge < -0.3 is 14.7 Å². The lowest BCUT2D eigenvalue weighted by Gasteiger charge is -2.37. The molecule has 8 heteroatoms. The molecule has 1 fully saturated rings. The maximum absolute atomic E-state index is 12.9. The Kier molecular flexibility index (Phi) is 7.16. The second-order valence-electron chi connectivity index (χ2n) is 7.67. The summed E-state index contributed by atoms with van der Waals surface area (Å²) in [6.45, 7) is 6.94. The number of nitrogens with zero attached hydrogens (tertiary/aromatic N) is 2. The van der Waals surface area contributed by atoms with Gasteiger partial charge in [-0.05, 0) is 55.3 Å². The van der Waals surface area contributed by atoms with Crippen LogP contribution in [0.15, 0.2) is 36.4 Å². The molecule has 0 radical (unpaired) electrons. The second-order valence-corrected chi connectivity index (χ2v) is 8.05. The van der Waals surface area contributed by atoms with Gasteiger partial charge in [0.25, 0.3) is 0 Å². The van der Waals surface area contributed by atoms with Crippen molar-refractivity contribution in [2.24, 2.45) is 0 Å². The van der Waals surface area contributed by atoms with Crippen molar-refractivity contribution in [2.75, 3.05) is 44.2 Å². The van der Waals surface area contributed by atoms with Gasteiger partial charge in [0.2, 0.25) is 0 Å². The Morgan fingerprint density at radius 1 is 1.07 bits per heavy atom. The molecule has 30 heavy (non-hydrogen) atoms. The summed E-state index contributed by atoms with van der Waals surface area (Å²) in [7, 11) is 0. The van der Waals surface area contributed by atoms with Crippen molar-refractivity contribution in [3.8, 4) is 5.75 Å². The molecule has 1 N–H and O–H groups in total. The van der Waals surface area contributed by atoms with Gasteiger partial charge >= 0.3 is 6.18 Å². The van der Waals surface area contributed by atoms with E-state index >= 15 is 0 Å². The number of aliphatic hydroxyl groups excluding tert-OH is 1. The summed E-state index contributed by atoms with van der Waals surface area (Å²) in [6, 6.07) is 9.09. The summed E-state index contributed by atoms with van der Waals surface area (Å²) in [6.07, 6.45) is -5.01. The Morgan fingerprint density at radius 2 is 1.70 bits per heavy atom. The van der Waals surface area contributed by atoms with Gasteiger partial charge in [-0.25, -0.2) is 0 Å². The number of aliphatic hydroxyl groups is 1. The highest BCUT2D eigenvalue weighted by Crippen LogP contribution is 2.32. The van der Waals surface area contributed by atoms with E-state index in [2.05, 4.69) is 4.90 Å². The highest BCUT2D eigenvalue weighted by Gasteiger charge is 2.31. The highest BCUT2D eigenvalue weighted by molar-refractivity contribution is 6.32. The highest BCUT2D eigenvalue weighted by atomic mass is 35.5. The van der Waals surface area contributed by atoms with E-state index in [1.54, 1.807) is 6.07 Å². The quantitative estimate of drug-likeness (QED) is 0.712. The molecule has 164 valence electrons. The summed E-state index contributed by atoms with van der Waals surface area (Å²) in [4.78, 5) is 4.03. The van der Waals surface area contributed by atoms with Crippen LogP contribution in [0.5, 0.6) is 5.75 Å². The second kappa shape index (κ2) is 9.45. The third-order valence-electron chi connectivity index (χ3n) is 5.23. The maximum atomic E-state index is 12.9. The zero-order valence-electron chi connectivity index (χ0n) is 17.0. The van der Waals surface area contributed by atoms with Crippen LogP contribution < -0.4 is 9.64 Å². The van der Waals surface area contributed by atoms with Crippen LogP contribution in [0.25, 0.3) is 0 Å². The molecule has 4 nitrogen and oxygen atoms in total. The van der Waals surface area contributed by atoms with Gasteiger partial charge in [0.1, 0.15) is 18.5 Å². The van der Waals surface area contributed by atoms with Gasteiger partial charge in [-0.1, -0.05) is 17.7 Å². The predicted octanol–water partition coefficient (Wildman–Crippen LogP) is 4.54. The van der Waals surface area contributed by atoms with Crippen LogP contribution >= 0.6 is 11.6 Å². The molecule has 2 aromatic rings. The van der Waals surface area contributed by atoms with Gasteiger partial charge in [-0.3, -0.25) is 4.90 Å². The van der Waals surface area contributed by atoms with Gasteiger partial charge in [-0.2, -0.15) is 13.2 Å². The van der Waals surface area contributed by atoms with Crippen molar-refractivity contribution < 1.29 is 23.0 Å². The van der Waals surface area contributed by atoms with Crippen LogP contribution in [-0.4, -0.2) is 55.4 Å². The van der Waals surface area contributed by atoms with Gasteiger partial charge in [0.05, 0.1) is 5.56 Å². The molecular weight excluding hydrogens is 417 g/mol. The first-order chi connectivity index (χ1) is 14.1. The summed E-state index contributed by atoms with van der Waals surface area (Å²) in [5.41, 5.74) is 1.78. The van der Waals surface area contributed by atoms with Crippen molar-refractivity contribution in [2.45, 2.75) is 26.1 Å². The molecule has 1 heterocycles. The molecule has 0 saturated carbocycles. The molecule has 0 amide bonds.